The first kappa shape index (κ1) is 10.4. The van der Waals surface area contributed by atoms with Gasteiger partial charge in [-0.3, -0.25) is 0 Å². The summed E-state index contributed by atoms with van der Waals surface area (Å²) in [4.78, 5) is 0. The Labute approximate surface area is 88.6 Å². The molecule has 0 radical (unpaired) electrons. The van der Waals surface area contributed by atoms with Gasteiger partial charge in [-0.25, -0.2) is 4.39 Å². The Morgan fingerprint density at radius 1 is 1.40 bits per heavy atom. The molecule has 0 saturated carbocycles. The average molecular weight is 210 g/mol. The van der Waals surface area contributed by atoms with Crippen LogP contribution in [-0.2, 0) is 0 Å². The highest BCUT2D eigenvalue weighted by Crippen LogP contribution is 2.22. The maximum Gasteiger partial charge on any atom is 0.165 e. The smallest absolute Gasteiger partial charge is 0.165 e. The molecule has 1 aromatic carbocycles. The van der Waals surface area contributed by atoms with Crippen LogP contribution in [0.2, 0.25) is 0 Å². The number of benzene rings is 1. The van der Waals surface area contributed by atoms with Crippen LogP contribution in [0.3, 0.4) is 0 Å². The van der Waals surface area contributed by atoms with Crippen molar-refractivity contribution in [3.8, 4) is 5.75 Å². The molecule has 82 valence electrons. The molecule has 1 aliphatic rings. The lowest BCUT2D eigenvalue weighted by Gasteiger charge is -2.25. The molecule has 1 heterocycles. The highest BCUT2D eigenvalue weighted by molar-refractivity contribution is 5.32. The number of hydrogen-bond donors (Lipinski definition) is 2. The van der Waals surface area contributed by atoms with Gasteiger partial charge in [0.25, 0.3) is 0 Å². The molecule has 2 rings (SSSR count). The van der Waals surface area contributed by atoms with E-state index in [1.165, 1.54) is 13.2 Å². The number of ether oxygens (including phenoxy) is 1. The third-order valence-electron chi connectivity index (χ3n) is 2.62. The van der Waals surface area contributed by atoms with Gasteiger partial charge in [0.05, 0.1) is 7.11 Å². The fourth-order valence-electron chi connectivity index (χ4n) is 1.78. The summed E-state index contributed by atoms with van der Waals surface area (Å²) in [5.74, 6) is -0.00936. The van der Waals surface area contributed by atoms with Crippen LogP contribution < -0.4 is 15.4 Å². The minimum absolute atomic E-state index is 0.244. The van der Waals surface area contributed by atoms with Gasteiger partial charge in [0.2, 0.25) is 0 Å². The number of hydrogen-bond acceptors (Lipinski definition) is 3. The standard InChI is InChI=1S/C11H15FN2O/c1-15-11-6-8(2-3-9(11)12)10-7-13-4-5-14-10/h2-3,6,10,13-14H,4-5,7H2,1H3/t10-/m0/s1. The van der Waals surface area contributed by atoms with E-state index in [2.05, 4.69) is 10.6 Å². The summed E-state index contributed by atoms with van der Waals surface area (Å²) in [7, 11) is 1.48. The zero-order valence-electron chi connectivity index (χ0n) is 8.72. The zero-order chi connectivity index (χ0) is 10.7. The van der Waals surface area contributed by atoms with Crippen molar-refractivity contribution in [3.05, 3.63) is 29.6 Å². The van der Waals surface area contributed by atoms with Gasteiger partial charge in [-0.15, -0.1) is 0 Å². The average Bonchev–Trinajstić information content (AvgIpc) is 2.31. The Morgan fingerprint density at radius 3 is 2.93 bits per heavy atom. The summed E-state index contributed by atoms with van der Waals surface area (Å²) in [5, 5.41) is 6.65. The van der Waals surface area contributed by atoms with Crippen LogP contribution >= 0.6 is 0 Å². The van der Waals surface area contributed by atoms with Crippen LogP contribution in [0.5, 0.6) is 5.75 Å². The largest absolute Gasteiger partial charge is 0.494 e. The van der Waals surface area contributed by atoms with Gasteiger partial charge in [0.1, 0.15) is 0 Å². The molecule has 1 aromatic rings. The van der Waals surface area contributed by atoms with Crippen molar-refractivity contribution >= 4 is 0 Å². The third kappa shape index (κ3) is 2.27. The van der Waals surface area contributed by atoms with E-state index >= 15 is 0 Å². The lowest BCUT2D eigenvalue weighted by molar-refractivity contribution is 0.382. The first-order chi connectivity index (χ1) is 7.31. The molecule has 15 heavy (non-hydrogen) atoms. The molecule has 1 atom stereocenters. The SMILES string of the molecule is COc1cc([C@@H]2CNCCN2)ccc1F. The van der Waals surface area contributed by atoms with E-state index in [-0.39, 0.29) is 11.9 Å². The van der Waals surface area contributed by atoms with Gasteiger partial charge in [0, 0.05) is 25.7 Å². The molecular weight excluding hydrogens is 195 g/mol. The van der Waals surface area contributed by atoms with Crippen molar-refractivity contribution < 1.29 is 9.13 Å². The van der Waals surface area contributed by atoms with E-state index in [0.717, 1.165) is 25.2 Å². The minimum atomic E-state index is -0.315. The van der Waals surface area contributed by atoms with Crippen LogP contribution in [-0.4, -0.2) is 26.7 Å². The van der Waals surface area contributed by atoms with Crippen molar-refractivity contribution in [3.63, 3.8) is 0 Å². The second kappa shape index (κ2) is 4.59. The Balaban J connectivity index is 2.20. The molecule has 1 aliphatic heterocycles. The van der Waals surface area contributed by atoms with Gasteiger partial charge in [-0.05, 0) is 17.7 Å². The second-order valence-corrected chi connectivity index (χ2v) is 3.60. The molecule has 4 heteroatoms. The summed E-state index contributed by atoms with van der Waals surface area (Å²) in [6.45, 7) is 2.79. The van der Waals surface area contributed by atoms with E-state index in [0.29, 0.717) is 5.75 Å². The van der Waals surface area contributed by atoms with Gasteiger partial charge in [-0.2, -0.15) is 0 Å². The molecule has 0 aromatic heterocycles. The van der Waals surface area contributed by atoms with Crippen LogP contribution in [0.4, 0.5) is 4.39 Å². The predicted molar refractivity (Wildman–Crippen MR) is 56.6 cm³/mol. The van der Waals surface area contributed by atoms with Crippen molar-refractivity contribution in [1.82, 2.24) is 10.6 Å². The van der Waals surface area contributed by atoms with E-state index in [9.17, 15) is 4.39 Å². The Kier molecular flexibility index (Phi) is 3.18. The monoisotopic (exact) mass is 210 g/mol. The molecule has 0 spiro atoms. The summed E-state index contributed by atoms with van der Waals surface area (Å²) in [6.07, 6.45) is 0. The first-order valence-electron chi connectivity index (χ1n) is 5.09. The number of halogens is 1. The lowest BCUT2D eigenvalue weighted by atomic mass is 10.1. The Morgan fingerprint density at radius 2 is 2.27 bits per heavy atom. The van der Waals surface area contributed by atoms with E-state index < -0.39 is 0 Å². The molecule has 0 unspecified atom stereocenters. The normalized spacial score (nSPS) is 21.3. The lowest BCUT2D eigenvalue weighted by Crippen LogP contribution is -2.42. The highest BCUT2D eigenvalue weighted by atomic mass is 19.1. The van der Waals surface area contributed by atoms with Gasteiger partial charge in [-0.1, -0.05) is 6.07 Å². The highest BCUT2D eigenvalue weighted by Gasteiger charge is 2.15. The summed E-state index contributed by atoms with van der Waals surface area (Å²) >= 11 is 0. The maximum atomic E-state index is 13.2. The van der Waals surface area contributed by atoms with Crippen LogP contribution in [0.1, 0.15) is 11.6 Å². The van der Waals surface area contributed by atoms with Crippen molar-refractivity contribution in [1.29, 1.82) is 0 Å². The molecular formula is C11H15FN2O. The molecule has 0 aliphatic carbocycles. The van der Waals surface area contributed by atoms with Crippen molar-refractivity contribution in [2.45, 2.75) is 6.04 Å². The number of rotatable bonds is 2. The van der Waals surface area contributed by atoms with Crippen molar-refractivity contribution in [2.24, 2.45) is 0 Å². The fraction of sp³-hybridized carbons (Fsp3) is 0.455. The van der Waals surface area contributed by atoms with Gasteiger partial charge in [0.15, 0.2) is 11.6 Å². The number of nitrogens with one attached hydrogen (secondary N) is 2. The maximum absolute atomic E-state index is 13.2. The third-order valence-corrected chi connectivity index (χ3v) is 2.62. The Bertz CT molecular complexity index is 337. The zero-order valence-corrected chi connectivity index (χ0v) is 8.72. The summed E-state index contributed by atoms with van der Waals surface area (Å²) in [6, 6.07) is 5.24. The second-order valence-electron chi connectivity index (χ2n) is 3.60. The topological polar surface area (TPSA) is 33.3 Å². The molecule has 0 amide bonds. The summed E-state index contributed by atoms with van der Waals surface area (Å²) < 4.78 is 18.1. The van der Waals surface area contributed by atoms with Crippen LogP contribution in [0.25, 0.3) is 0 Å². The first-order valence-corrected chi connectivity index (χ1v) is 5.09. The molecule has 3 nitrogen and oxygen atoms in total. The minimum Gasteiger partial charge on any atom is -0.494 e. The Hall–Kier alpha value is -1.13. The molecule has 0 bridgehead atoms. The van der Waals surface area contributed by atoms with Crippen LogP contribution in [0.15, 0.2) is 18.2 Å². The molecule has 1 fully saturated rings. The fourth-order valence-corrected chi connectivity index (χ4v) is 1.78. The van der Waals surface area contributed by atoms with Gasteiger partial charge < -0.3 is 15.4 Å². The van der Waals surface area contributed by atoms with E-state index in [1.807, 2.05) is 0 Å². The van der Waals surface area contributed by atoms with Gasteiger partial charge >= 0.3 is 0 Å². The molecule has 2 N–H and O–H groups in total. The van der Waals surface area contributed by atoms with Crippen LogP contribution in [0, 0.1) is 5.82 Å². The van der Waals surface area contributed by atoms with E-state index in [1.54, 1.807) is 12.1 Å². The van der Waals surface area contributed by atoms with Crippen molar-refractivity contribution in [2.75, 3.05) is 26.7 Å². The number of piperazine rings is 1. The summed E-state index contributed by atoms with van der Waals surface area (Å²) in [5.41, 5.74) is 1.06. The number of methoxy groups -OCH3 is 1. The molecule has 1 saturated heterocycles. The predicted octanol–water partition coefficient (Wildman–Crippen LogP) is 1.07. The quantitative estimate of drug-likeness (QED) is 0.766. The van der Waals surface area contributed by atoms with E-state index in [4.69, 9.17) is 4.74 Å².